The molecule has 1 fully saturated rings. The van der Waals surface area contributed by atoms with E-state index in [1.807, 2.05) is 6.07 Å². The van der Waals surface area contributed by atoms with Gasteiger partial charge in [-0.15, -0.1) is 0 Å². The molecule has 2 aromatic rings. The van der Waals surface area contributed by atoms with Gasteiger partial charge in [0.2, 0.25) is 0 Å². The molecule has 4 N–H and O–H groups in total. The Morgan fingerprint density at radius 2 is 1.84 bits per heavy atom. The zero-order valence-electron chi connectivity index (χ0n) is 24.8. The lowest BCUT2D eigenvalue weighted by Gasteiger charge is -2.27. The molecule has 2 amide bonds. The molecule has 5 atom stereocenters. The summed E-state index contributed by atoms with van der Waals surface area (Å²) in [6.45, 7) is 7.38. The molecular formula is C28H38N4O11. The maximum absolute atomic E-state index is 12.8. The Bertz CT molecular complexity index is 1360. The van der Waals surface area contributed by atoms with Gasteiger partial charge in [-0.05, 0) is 38.0 Å². The monoisotopic (exact) mass is 606 g/mol. The van der Waals surface area contributed by atoms with Crippen LogP contribution in [0.25, 0.3) is 0 Å². The van der Waals surface area contributed by atoms with Crippen LogP contribution >= 0.6 is 0 Å². The van der Waals surface area contributed by atoms with Gasteiger partial charge >= 0.3 is 23.8 Å². The van der Waals surface area contributed by atoms with E-state index in [0.717, 1.165) is 20.6 Å². The Hall–Kier alpha value is -4.05. The lowest BCUT2D eigenvalue weighted by Crippen LogP contribution is -2.46. The third-order valence-electron chi connectivity index (χ3n) is 6.89. The molecule has 1 aliphatic rings. The van der Waals surface area contributed by atoms with Crippen LogP contribution in [0.5, 0.6) is 0 Å². The number of esters is 1. The molecule has 0 bridgehead atoms. The van der Waals surface area contributed by atoms with E-state index >= 15 is 0 Å². The van der Waals surface area contributed by atoms with E-state index in [0.29, 0.717) is 5.56 Å². The van der Waals surface area contributed by atoms with Crippen molar-refractivity contribution < 1.29 is 48.7 Å². The maximum atomic E-state index is 12.8. The Morgan fingerprint density at radius 1 is 1.19 bits per heavy atom. The van der Waals surface area contributed by atoms with E-state index in [-0.39, 0.29) is 24.9 Å². The first-order valence-electron chi connectivity index (χ1n) is 13.6. The molecule has 0 aliphatic carbocycles. The number of nitrogens with one attached hydrogen (secondary N) is 1. The van der Waals surface area contributed by atoms with Gasteiger partial charge in [0, 0.05) is 19.2 Å². The van der Waals surface area contributed by atoms with Gasteiger partial charge in [-0.3, -0.25) is 9.88 Å². The molecular weight excluding hydrogens is 568 g/mol. The van der Waals surface area contributed by atoms with Gasteiger partial charge in [-0.25, -0.2) is 19.2 Å². The molecule has 3 rings (SSSR count). The van der Waals surface area contributed by atoms with Gasteiger partial charge in [0.1, 0.15) is 30.2 Å². The highest BCUT2D eigenvalue weighted by Crippen LogP contribution is 2.37. The van der Waals surface area contributed by atoms with E-state index < -0.39 is 60.8 Å². The fourth-order valence-electron chi connectivity index (χ4n) is 4.34. The first-order valence-corrected chi connectivity index (χ1v) is 13.6. The van der Waals surface area contributed by atoms with Crippen LogP contribution in [0.15, 0.2) is 35.3 Å². The number of amides is 2. The second-order valence-corrected chi connectivity index (χ2v) is 10.7. The maximum Gasteiger partial charge on any atom is 0.412 e. The SMILES string of the molecule is Cc1cccc(C)c1C(=O)OC(OC(=O)N(C)CCOC(=O)Nc1ccn([C@@H]2O[C@H](CO)[C@@H](O)[C@@]2(C)O)c(=O)n1)C(C)C. The van der Waals surface area contributed by atoms with Crippen molar-refractivity contribution in [3.8, 4) is 0 Å². The number of carbonyl (C=O) groups excluding carboxylic acids is 3. The molecule has 1 aromatic carbocycles. The minimum atomic E-state index is -1.89. The first-order chi connectivity index (χ1) is 20.2. The summed E-state index contributed by atoms with van der Waals surface area (Å²) in [4.78, 5) is 55.0. The van der Waals surface area contributed by atoms with E-state index in [1.54, 1.807) is 39.8 Å². The van der Waals surface area contributed by atoms with Crippen molar-refractivity contribution in [1.29, 1.82) is 0 Å². The van der Waals surface area contributed by atoms with Gasteiger partial charge in [0.15, 0.2) is 6.23 Å². The average Bonchev–Trinajstić information content (AvgIpc) is 3.15. The number of rotatable bonds is 10. The summed E-state index contributed by atoms with van der Waals surface area (Å²) in [5.41, 5.74) is -0.938. The van der Waals surface area contributed by atoms with Gasteiger partial charge in [-0.1, -0.05) is 32.0 Å². The number of hydrogen-bond acceptors (Lipinski definition) is 12. The van der Waals surface area contributed by atoms with Gasteiger partial charge in [-0.2, -0.15) is 4.98 Å². The fourth-order valence-corrected chi connectivity index (χ4v) is 4.34. The Kier molecular flexibility index (Phi) is 10.9. The number of aliphatic hydroxyl groups excluding tert-OH is 2. The normalized spacial score (nSPS) is 22.1. The number of aliphatic hydroxyl groups is 3. The molecule has 236 valence electrons. The predicted molar refractivity (Wildman–Crippen MR) is 150 cm³/mol. The van der Waals surface area contributed by atoms with Crippen LogP contribution in [0.1, 0.15) is 48.5 Å². The van der Waals surface area contributed by atoms with Crippen molar-refractivity contribution >= 4 is 24.0 Å². The molecule has 1 saturated heterocycles. The van der Waals surface area contributed by atoms with E-state index in [2.05, 4.69) is 10.3 Å². The highest BCUT2D eigenvalue weighted by Gasteiger charge is 2.53. The number of aryl methyl sites for hydroxylation is 2. The van der Waals surface area contributed by atoms with Gasteiger partial charge in [0.25, 0.3) is 6.29 Å². The molecule has 1 unspecified atom stereocenters. The molecule has 1 aliphatic heterocycles. The van der Waals surface area contributed by atoms with Crippen molar-refractivity contribution in [2.75, 3.05) is 32.1 Å². The van der Waals surface area contributed by atoms with Crippen molar-refractivity contribution in [2.24, 2.45) is 5.92 Å². The molecule has 15 heteroatoms. The molecule has 0 saturated carbocycles. The average molecular weight is 607 g/mol. The molecule has 2 heterocycles. The first kappa shape index (κ1) is 33.5. The lowest BCUT2D eigenvalue weighted by atomic mass is 9.96. The summed E-state index contributed by atoms with van der Waals surface area (Å²) in [5.74, 6) is -1.12. The summed E-state index contributed by atoms with van der Waals surface area (Å²) < 4.78 is 22.2. The number of anilines is 1. The number of aromatic nitrogens is 2. The standard InChI is InChI=1S/C28H38N4O11/c1-15(2)23(42-22(35)20-16(3)8-7-9-17(20)4)43-27(38)31(6)12-13-40-26(37)30-19-10-11-32(25(36)29-19)24-28(5,39)21(34)18(14-33)41-24/h7-11,15,18,21,23-24,33-34,39H,12-14H2,1-6H3,(H,29,30,36,37)/t18-,21-,23?,24-,28-/m1/s1. The quantitative estimate of drug-likeness (QED) is 0.224. The topological polar surface area (TPSA) is 199 Å². The van der Waals surface area contributed by atoms with Gasteiger partial charge < -0.3 is 39.2 Å². The Morgan fingerprint density at radius 3 is 2.40 bits per heavy atom. The summed E-state index contributed by atoms with van der Waals surface area (Å²) in [5, 5.41) is 32.3. The highest BCUT2D eigenvalue weighted by atomic mass is 16.7. The minimum absolute atomic E-state index is 0.0700. The third-order valence-corrected chi connectivity index (χ3v) is 6.89. The van der Waals surface area contributed by atoms with Gasteiger partial charge in [0.05, 0.1) is 18.7 Å². The number of ether oxygens (including phenoxy) is 4. The van der Waals surface area contributed by atoms with E-state index in [9.17, 15) is 34.5 Å². The largest absolute Gasteiger partial charge is 0.447 e. The van der Waals surface area contributed by atoms with Crippen molar-refractivity contribution in [3.63, 3.8) is 0 Å². The number of nitrogens with zero attached hydrogens (tertiary/aromatic N) is 3. The number of hydrogen-bond donors (Lipinski definition) is 4. The molecule has 43 heavy (non-hydrogen) atoms. The highest BCUT2D eigenvalue weighted by molar-refractivity contribution is 5.92. The summed E-state index contributed by atoms with van der Waals surface area (Å²) in [6, 6.07) is 6.63. The van der Waals surface area contributed by atoms with Crippen LogP contribution in [-0.2, 0) is 18.9 Å². The molecule has 15 nitrogen and oxygen atoms in total. The van der Waals surface area contributed by atoms with Crippen LogP contribution in [0, 0.1) is 19.8 Å². The van der Waals surface area contributed by atoms with Crippen molar-refractivity contribution in [1.82, 2.24) is 14.5 Å². The molecule has 0 radical (unpaired) electrons. The molecule has 0 spiro atoms. The fraction of sp³-hybridized carbons (Fsp3) is 0.536. The zero-order valence-corrected chi connectivity index (χ0v) is 24.8. The van der Waals surface area contributed by atoms with Crippen LogP contribution in [0.2, 0.25) is 0 Å². The Labute approximate surface area is 247 Å². The summed E-state index contributed by atoms with van der Waals surface area (Å²) in [6.07, 6.45) is -5.62. The third kappa shape index (κ3) is 7.87. The van der Waals surface area contributed by atoms with Crippen molar-refractivity contribution in [3.05, 3.63) is 57.6 Å². The number of carbonyl (C=O) groups is 3. The van der Waals surface area contributed by atoms with Crippen LogP contribution < -0.4 is 11.0 Å². The lowest BCUT2D eigenvalue weighted by molar-refractivity contribution is -0.103. The van der Waals surface area contributed by atoms with E-state index in [1.165, 1.54) is 26.2 Å². The second-order valence-electron chi connectivity index (χ2n) is 10.7. The smallest absolute Gasteiger partial charge is 0.412 e. The van der Waals surface area contributed by atoms with Crippen LogP contribution in [0.3, 0.4) is 0 Å². The molecule has 1 aromatic heterocycles. The van der Waals surface area contributed by atoms with Crippen LogP contribution in [-0.4, -0.2) is 98.8 Å². The van der Waals surface area contributed by atoms with E-state index in [4.69, 9.17) is 18.9 Å². The Balaban J connectivity index is 1.50. The summed E-state index contributed by atoms with van der Waals surface area (Å²) >= 11 is 0. The number of benzene rings is 1. The van der Waals surface area contributed by atoms with Crippen LogP contribution in [0.4, 0.5) is 15.4 Å². The predicted octanol–water partition coefficient (Wildman–Crippen LogP) is 1.32. The second kappa shape index (κ2) is 13.9. The zero-order chi connectivity index (χ0) is 32.1. The van der Waals surface area contributed by atoms with Crippen molar-refractivity contribution in [2.45, 2.75) is 64.9 Å². The minimum Gasteiger partial charge on any atom is -0.447 e. The summed E-state index contributed by atoms with van der Waals surface area (Å²) in [7, 11) is 1.41. The number of likely N-dealkylation sites (N-methyl/N-ethyl adjacent to an activating group) is 1.